The number of ether oxygens (including phenoxy) is 1. The number of hydrogen-bond acceptors (Lipinski definition) is 5. The smallest absolute Gasteiger partial charge is 0.411 e. The average molecular weight is 434 g/mol. The lowest BCUT2D eigenvalue weighted by molar-refractivity contribution is -0.162. The highest BCUT2D eigenvalue weighted by Crippen LogP contribution is 2.38. The first-order chi connectivity index (χ1) is 15.5. The summed E-state index contributed by atoms with van der Waals surface area (Å²) in [6, 6.07) is 15.4. The summed E-state index contributed by atoms with van der Waals surface area (Å²) in [5, 5.41) is 9.17. The summed E-state index contributed by atoms with van der Waals surface area (Å²) in [4.78, 5) is 51.3. The predicted molar refractivity (Wildman–Crippen MR) is 114 cm³/mol. The van der Waals surface area contributed by atoms with Crippen LogP contribution in [0, 0.1) is 0 Å². The van der Waals surface area contributed by atoms with Crippen molar-refractivity contribution in [3.05, 3.63) is 77.9 Å². The van der Waals surface area contributed by atoms with E-state index in [1.54, 1.807) is 12.2 Å². The molecular formula is C24H22N2O6. The number of likely N-dealkylation sites (tertiary alicyclic amines) is 1. The number of carboxylic acids is 1. The Morgan fingerprint density at radius 2 is 1.75 bits per heavy atom. The molecule has 2 aromatic rings. The van der Waals surface area contributed by atoms with Crippen LogP contribution in [0.15, 0.2) is 66.7 Å². The quantitative estimate of drug-likeness (QED) is 0.506. The van der Waals surface area contributed by atoms with Crippen LogP contribution in [-0.4, -0.2) is 63.9 Å². The van der Waals surface area contributed by atoms with Crippen molar-refractivity contribution in [2.45, 2.75) is 30.6 Å². The van der Waals surface area contributed by atoms with E-state index in [9.17, 15) is 24.3 Å². The molecule has 8 heteroatoms. The molecule has 2 aromatic carbocycles. The number of cyclic esters (lactones) is 1. The number of aldehydes is 1. The third kappa shape index (κ3) is 3.99. The second kappa shape index (κ2) is 9.05. The Bertz CT molecular complexity index is 1040. The molecular weight excluding hydrogens is 412 g/mol. The zero-order chi connectivity index (χ0) is 22.7. The highest BCUT2D eigenvalue weighted by molar-refractivity contribution is 5.96. The number of amides is 2. The molecule has 2 saturated heterocycles. The fourth-order valence-corrected chi connectivity index (χ4v) is 4.22. The first-order valence-corrected chi connectivity index (χ1v) is 10.2. The minimum Gasteiger partial charge on any atom is -0.481 e. The van der Waals surface area contributed by atoms with Crippen molar-refractivity contribution in [3.8, 4) is 0 Å². The Labute approximate surface area is 184 Å². The zero-order valence-electron chi connectivity index (χ0n) is 17.1. The average Bonchev–Trinajstić information content (AvgIpc) is 3.17. The lowest BCUT2D eigenvalue weighted by atomic mass is 9.88. The van der Waals surface area contributed by atoms with Gasteiger partial charge in [0.1, 0.15) is 18.9 Å². The molecule has 0 saturated carbocycles. The monoisotopic (exact) mass is 434 g/mol. The Morgan fingerprint density at radius 1 is 1.09 bits per heavy atom. The summed E-state index contributed by atoms with van der Waals surface area (Å²) < 4.78 is 5.26. The van der Waals surface area contributed by atoms with E-state index in [4.69, 9.17) is 4.74 Å². The van der Waals surface area contributed by atoms with Crippen molar-refractivity contribution in [1.82, 2.24) is 9.80 Å². The van der Waals surface area contributed by atoms with Gasteiger partial charge in [-0.15, -0.1) is 0 Å². The molecule has 0 aliphatic carbocycles. The number of benzene rings is 2. The summed E-state index contributed by atoms with van der Waals surface area (Å²) in [6.45, 7) is 0.105. The normalized spacial score (nSPS) is 23.7. The van der Waals surface area contributed by atoms with Gasteiger partial charge in [0.05, 0.1) is 24.5 Å². The van der Waals surface area contributed by atoms with Crippen LogP contribution >= 0.6 is 0 Å². The molecule has 2 aliphatic rings. The lowest BCUT2D eigenvalue weighted by Gasteiger charge is -2.51. The first kappa shape index (κ1) is 21.3. The second-order valence-corrected chi connectivity index (χ2v) is 7.66. The van der Waals surface area contributed by atoms with Gasteiger partial charge in [0, 0.05) is 0 Å². The third-order valence-corrected chi connectivity index (χ3v) is 5.73. The molecule has 0 bridgehead atoms. The van der Waals surface area contributed by atoms with Crippen molar-refractivity contribution in [1.29, 1.82) is 0 Å². The second-order valence-electron chi connectivity index (χ2n) is 7.66. The van der Waals surface area contributed by atoms with Crippen LogP contribution in [0.5, 0.6) is 0 Å². The van der Waals surface area contributed by atoms with Crippen LogP contribution in [0.2, 0.25) is 0 Å². The van der Waals surface area contributed by atoms with E-state index < -0.39 is 48.6 Å². The minimum atomic E-state index is -1.19. The number of β-lactam (4-membered cyclic amide) rings is 1. The van der Waals surface area contributed by atoms with Gasteiger partial charge in [-0.3, -0.25) is 14.5 Å². The molecule has 32 heavy (non-hydrogen) atoms. The maximum atomic E-state index is 13.2. The Kier molecular flexibility index (Phi) is 6.02. The molecule has 4 rings (SSSR count). The van der Waals surface area contributed by atoms with E-state index in [0.717, 1.165) is 11.1 Å². The fraction of sp³-hybridized carbons (Fsp3) is 0.250. The van der Waals surface area contributed by atoms with Crippen LogP contribution in [0.25, 0.3) is 6.08 Å². The van der Waals surface area contributed by atoms with Crippen LogP contribution < -0.4 is 0 Å². The van der Waals surface area contributed by atoms with Gasteiger partial charge in [-0.1, -0.05) is 72.8 Å². The van der Waals surface area contributed by atoms with Crippen LogP contribution in [0.3, 0.4) is 0 Å². The first-order valence-electron chi connectivity index (χ1n) is 10.2. The molecule has 2 amide bonds. The molecule has 2 heterocycles. The summed E-state index contributed by atoms with van der Waals surface area (Å²) >= 11 is 0. The van der Waals surface area contributed by atoms with Crippen LogP contribution in [-0.2, 0) is 19.1 Å². The van der Waals surface area contributed by atoms with Gasteiger partial charge < -0.3 is 19.5 Å². The van der Waals surface area contributed by atoms with Gasteiger partial charge in [0.25, 0.3) is 0 Å². The molecule has 0 spiro atoms. The van der Waals surface area contributed by atoms with E-state index in [-0.39, 0.29) is 6.61 Å². The van der Waals surface area contributed by atoms with E-state index in [1.807, 2.05) is 60.7 Å². The number of rotatable bonds is 8. The van der Waals surface area contributed by atoms with Crippen molar-refractivity contribution >= 4 is 30.3 Å². The van der Waals surface area contributed by atoms with Gasteiger partial charge in [-0.05, 0) is 11.1 Å². The standard InChI is InChI=1S/C24H22N2O6/c27-14-18(13-21(28)29)25-19(12-11-16-7-3-1-4-8-16)22(23(25)30)26-20(15-32-24(26)31)17-9-5-2-6-10-17/h1-12,14,18-20,22H,13,15H2,(H,28,29)/b12-11+. The van der Waals surface area contributed by atoms with E-state index in [1.165, 1.54) is 9.80 Å². The predicted octanol–water partition coefficient (Wildman–Crippen LogP) is 2.51. The molecule has 4 unspecified atom stereocenters. The number of carbonyl (C=O) groups excluding carboxylic acids is 3. The fourth-order valence-electron chi connectivity index (χ4n) is 4.22. The largest absolute Gasteiger partial charge is 0.481 e. The highest BCUT2D eigenvalue weighted by atomic mass is 16.6. The number of aliphatic carboxylic acids is 1. The Morgan fingerprint density at radius 3 is 2.38 bits per heavy atom. The molecule has 8 nitrogen and oxygen atoms in total. The highest BCUT2D eigenvalue weighted by Gasteiger charge is 2.57. The minimum absolute atomic E-state index is 0.105. The van der Waals surface area contributed by atoms with Gasteiger partial charge in [-0.2, -0.15) is 0 Å². The topological polar surface area (TPSA) is 104 Å². The molecule has 0 aromatic heterocycles. The van der Waals surface area contributed by atoms with Crippen LogP contribution in [0.4, 0.5) is 4.79 Å². The van der Waals surface area contributed by atoms with E-state index >= 15 is 0 Å². The summed E-state index contributed by atoms with van der Waals surface area (Å²) in [5.41, 5.74) is 1.70. The van der Waals surface area contributed by atoms with E-state index in [0.29, 0.717) is 6.29 Å². The van der Waals surface area contributed by atoms with Gasteiger partial charge in [0.15, 0.2) is 0 Å². The Balaban J connectivity index is 1.68. The summed E-state index contributed by atoms with van der Waals surface area (Å²) in [5.74, 6) is -1.67. The SMILES string of the molecule is O=CC(CC(=O)O)N1C(=O)C(N2C(=O)OCC2c2ccccc2)C1/C=C/c1ccccc1. The summed E-state index contributed by atoms with van der Waals surface area (Å²) in [6.07, 6.45) is 2.86. The molecule has 164 valence electrons. The number of carbonyl (C=O) groups is 4. The van der Waals surface area contributed by atoms with Crippen molar-refractivity contribution in [2.24, 2.45) is 0 Å². The molecule has 1 N–H and O–H groups in total. The van der Waals surface area contributed by atoms with Gasteiger partial charge >= 0.3 is 12.1 Å². The maximum absolute atomic E-state index is 13.2. The molecule has 2 aliphatic heterocycles. The molecule has 2 fully saturated rings. The number of nitrogens with zero attached hydrogens (tertiary/aromatic N) is 2. The van der Waals surface area contributed by atoms with Gasteiger partial charge in [0.2, 0.25) is 5.91 Å². The van der Waals surface area contributed by atoms with Crippen molar-refractivity contribution < 1.29 is 29.0 Å². The van der Waals surface area contributed by atoms with Gasteiger partial charge in [-0.25, -0.2) is 4.79 Å². The van der Waals surface area contributed by atoms with Crippen molar-refractivity contribution in [3.63, 3.8) is 0 Å². The van der Waals surface area contributed by atoms with Crippen LogP contribution in [0.1, 0.15) is 23.6 Å². The maximum Gasteiger partial charge on any atom is 0.411 e. The zero-order valence-corrected chi connectivity index (χ0v) is 17.1. The van der Waals surface area contributed by atoms with E-state index in [2.05, 4.69) is 0 Å². The number of hydrogen-bond donors (Lipinski definition) is 1. The summed E-state index contributed by atoms with van der Waals surface area (Å²) in [7, 11) is 0. The van der Waals surface area contributed by atoms with Crippen molar-refractivity contribution in [2.75, 3.05) is 6.61 Å². The Hall–Kier alpha value is -3.94. The lowest BCUT2D eigenvalue weighted by Crippen LogP contribution is -2.73. The number of carboxylic acid groups (broad SMARTS) is 1. The molecule has 4 atom stereocenters. The third-order valence-electron chi connectivity index (χ3n) is 5.73. The molecule has 0 radical (unpaired) electrons.